The maximum Gasteiger partial charge on any atom is 0.508 e. The van der Waals surface area contributed by atoms with Crippen molar-refractivity contribution in [3.8, 4) is 0 Å². The van der Waals surface area contributed by atoms with Crippen LogP contribution in [0, 0.1) is 0 Å². The van der Waals surface area contributed by atoms with E-state index in [0.717, 1.165) is 0 Å². The molecule has 0 fully saturated rings. The predicted molar refractivity (Wildman–Crippen MR) is 129 cm³/mol. The highest BCUT2D eigenvalue weighted by atomic mass is 16.8. The van der Waals surface area contributed by atoms with Crippen molar-refractivity contribution in [1.29, 1.82) is 0 Å². The number of hydrogen-bond acceptors (Lipinski definition) is 16. The first kappa shape index (κ1) is 36.3. The molecule has 0 aromatic heterocycles. The largest absolute Gasteiger partial charge is 0.508 e. The van der Waals surface area contributed by atoms with Crippen molar-refractivity contribution < 1.29 is 76.9 Å². The van der Waals surface area contributed by atoms with Crippen LogP contribution in [0.4, 0.5) is 9.59 Å². The second-order valence-electron chi connectivity index (χ2n) is 8.48. The fraction of sp³-hybridized carbons (Fsp3) is 0.750. The molecule has 0 rings (SSSR count). The standard InChI is InChI=1S/C24H38O16/c1-15(25)11-35-19(27)5-7-21(29)39-17(3)13-37-23(31)33-9-10-34-24(32)38-14-18(4)40-22(30)8-6-20(28)36-12-16(2)26/h15-18,25-26H,5-14H2,1-4H3. The monoisotopic (exact) mass is 582 g/mol. The zero-order chi connectivity index (χ0) is 30.5. The smallest absolute Gasteiger partial charge is 0.463 e. The molecule has 0 saturated carbocycles. The van der Waals surface area contributed by atoms with Crippen molar-refractivity contribution in [2.24, 2.45) is 0 Å². The number of aliphatic hydroxyl groups is 2. The molecule has 4 atom stereocenters. The topological polar surface area (TPSA) is 217 Å². The normalized spacial score (nSPS) is 13.4. The van der Waals surface area contributed by atoms with Gasteiger partial charge >= 0.3 is 36.2 Å². The lowest BCUT2D eigenvalue weighted by Crippen LogP contribution is -2.25. The minimum absolute atomic E-state index is 0.182. The Kier molecular flexibility index (Phi) is 19.3. The Morgan fingerprint density at radius 1 is 0.475 bits per heavy atom. The van der Waals surface area contributed by atoms with E-state index in [4.69, 9.17) is 48.1 Å². The lowest BCUT2D eigenvalue weighted by atomic mass is 10.3. The Bertz CT molecular complexity index is 743. The SMILES string of the molecule is CC(O)COC(=O)CCC(=O)OC(C)COC(=O)OCCOC(=O)OCC(C)OC(=O)CCC(=O)OCC(C)O. The second kappa shape index (κ2) is 21.2. The summed E-state index contributed by atoms with van der Waals surface area (Å²) in [6.07, 6.45) is -6.53. The Morgan fingerprint density at radius 3 is 1.12 bits per heavy atom. The Hall–Kier alpha value is -3.66. The van der Waals surface area contributed by atoms with Gasteiger partial charge in [-0.25, -0.2) is 9.59 Å². The average molecular weight is 583 g/mol. The summed E-state index contributed by atoms with van der Waals surface area (Å²) in [5, 5.41) is 18.1. The van der Waals surface area contributed by atoms with Crippen LogP contribution < -0.4 is 0 Å². The van der Waals surface area contributed by atoms with Gasteiger partial charge in [0.05, 0.1) is 37.9 Å². The van der Waals surface area contributed by atoms with E-state index in [2.05, 4.69) is 0 Å². The maximum atomic E-state index is 11.7. The molecular formula is C24H38O16. The van der Waals surface area contributed by atoms with Gasteiger partial charge in [-0.15, -0.1) is 0 Å². The third kappa shape index (κ3) is 22.3. The summed E-state index contributed by atoms with van der Waals surface area (Å²) in [7, 11) is 0. The van der Waals surface area contributed by atoms with Crippen molar-refractivity contribution in [3.05, 3.63) is 0 Å². The van der Waals surface area contributed by atoms with Crippen molar-refractivity contribution in [3.63, 3.8) is 0 Å². The van der Waals surface area contributed by atoms with Crippen LogP contribution in [0.1, 0.15) is 53.4 Å². The van der Waals surface area contributed by atoms with Gasteiger partial charge in [-0.3, -0.25) is 19.2 Å². The Balaban J connectivity index is 3.89. The molecule has 0 heterocycles. The van der Waals surface area contributed by atoms with E-state index in [1.165, 1.54) is 27.7 Å². The third-order valence-electron chi connectivity index (χ3n) is 4.10. The molecule has 16 heteroatoms. The van der Waals surface area contributed by atoms with E-state index < -0.39 is 60.6 Å². The molecule has 0 aromatic rings. The molecule has 0 aliphatic rings. The predicted octanol–water partition coefficient (Wildman–Crippen LogP) is 0.565. The highest BCUT2D eigenvalue weighted by molar-refractivity contribution is 5.78. The van der Waals surface area contributed by atoms with Gasteiger partial charge in [0.15, 0.2) is 0 Å². The van der Waals surface area contributed by atoms with Crippen LogP contribution in [0.25, 0.3) is 0 Å². The van der Waals surface area contributed by atoms with E-state index in [9.17, 15) is 28.8 Å². The summed E-state index contributed by atoms with van der Waals surface area (Å²) in [6, 6.07) is 0. The summed E-state index contributed by atoms with van der Waals surface area (Å²) >= 11 is 0. The van der Waals surface area contributed by atoms with Gasteiger partial charge in [-0.05, 0) is 27.7 Å². The van der Waals surface area contributed by atoms with Crippen LogP contribution >= 0.6 is 0 Å². The molecule has 0 aliphatic carbocycles. The molecule has 0 aliphatic heterocycles. The van der Waals surface area contributed by atoms with E-state index >= 15 is 0 Å². The number of rotatable bonds is 19. The van der Waals surface area contributed by atoms with Crippen molar-refractivity contribution >= 4 is 36.2 Å². The summed E-state index contributed by atoms with van der Waals surface area (Å²) in [6.45, 7) is 4.00. The summed E-state index contributed by atoms with van der Waals surface area (Å²) in [4.78, 5) is 69.3. The van der Waals surface area contributed by atoms with E-state index in [0.29, 0.717) is 0 Å². The molecule has 40 heavy (non-hydrogen) atoms. The fourth-order valence-electron chi connectivity index (χ4n) is 2.32. The quantitative estimate of drug-likeness (QED) is 0.121. The second-order valence-corrected chi connectivity index (χ2v) is 8.48. The molecule has 230 valence electrons. The minimum Gasteiger partial charge on any atom is -0.463 e. The molecule has 4 unspecified atom stereocenters. The first-order valence-corrected chi connectivity index (χ1v) is 12.4. The van der Waals surface area contributed by atoms with Gasteiger partial charge in [0.25, 0.3) is 0 Å². The zero-order valence-electron chi connectivity index (χ0n) is 23.0. The van der Waals surface area contributed by atoms with Crippen LogP contribution in [0.2, 0.25) is 0 Å². The van der Waals surface area contributed by atoms with Crippen LogP contribution in [-0.2, 0) is 57.1 Å². The first-order valence-electron chi connectivity index (χ1n) is 12.4. The first-order chi connectivity index (χ1) is 18.8. The summed E-state index contributed by atoms with van der Waals surface area (Å²) in [5.41, 5.74) is 0. The highest BCUT2D eigenvalue weighted by Crippen LogP contribution is 2.03. The molecule has 0 aromatic carbocycles. The van der Waals surface area contributed by atoms with E-state index in [1.807, 2.05) is 0 Å². The lowest BCUT2D eigenvalue weighted by Gasteiger charge is -2.14. The molecule has 0 radical (unpaired) electrons. The Labute approximate surface area is 231 Å². The molecule has 0 spiro atoms. The van der Waals surface area contributed by atoms with Gasteiger partial charge in [0.1, 0.15) is 51.8 Å². The molecule has 16 nitrogen and oxygen atoms in total. The van der Waals surface area contributed by atoms with Gasteiger partial charge in [0.2, 0.25) is 0 Å². The van der Waals surface area contributed by atoms with Crippen LogP contribution in [0.5, 0.6) is 0 Å². The maximum absolute atomic E-state index is 11.7. The minimum atomic E-state index is -1.11. The average Bonchev–Trinajstić information content (AvgIpc) is 2.88. The van der Waals surface area contributed by atoms with Crippen molar-refractivity contribution in [2.75, 3.05) is 39.6 Å². The van der Waals surface area contributed by atoms with Gasteiger partial charge in [0, 0.05) is 0 Å². The van der Waals surface area contributed by atoms with Crippen LogP contribution in [-0.4, -0.2) is 110 Å². The fourth-order valence-corrected chi connectivity index (χ4v) is 2.32. The van der Waals surface area contributed by atoms with Gasteiger partial charge in [-0.2, -0.15) is 0 Å². The van der Waals surface area contributed by atoms with Gasteiger partial charge < -0.3 is 48.1 Å². The van der Waals surface area contributed by atoms with E-state index in [1.54, 1.807) is 0 Å². The summed E-state index contributed by atoms with van der Waals surface area (Å²) in [5.74, 6) is -2.78. The number of ether oxygens (including phenoxy) is 8. The molecule has 0 saturated heterocycles. The molecule has 2 N–H and O–H groups in total. The number of esters is 4. The number of aliphatic hydroxyl groups excluding tert-OH is 2. The van der Waals surface area contributed by atoms with Crippen molar-refractivity contribution in [1.82, 2.24) is 0 Å². The van der Waals surface area contributed by atoms with E-state index in [-0.39, 0.29) is 65.3 Å². The van der Waals surface area contributed by atoms with Crippen LogP contribution in [0.3, 0.4) is 0 Å². The number of carbonyl (C=O) groups is 6. The van der Waals surface area contributed by atoms with Crippen molar-refractivity contribution in [2.45, 2.75) is 77.8 Å². The van der Waals surface area contributed by atoms with Gasteiger partial charge in [-0.1, -0.05) is 0 Å². The Morgan fingerprint density at radius 2 is 0.800 bits per heavy atom. The third-order valence-corrected chi connectivity index (χ3v) is 4.10. The van der Waals surface area contributed by atoms with Crippen LogP contribution in [0.15, 0.2) is 0 Å². The highest BCUT2D eigenvalue weighted by Gasteiger charge is 2.17. The number of carbonyl (C=O) groups excluding carboxylic acids is 6. The summed E-state index contributed by atoms with van der Waals surface area (Å²) < 4.78 is 38.3. The zero-order valence-corrected chi connectivity index (χ0v) is 23.0. The molecule has 0 amide bonds. The lowest BCUT2D eigenvalue weighted by molar-refractivity contribution is -0.155. The number of hydrogen-bond donors (Lipinski definition) is 2. The molecule has 0 bridgehead atoms. The molecular weight excluding hydrogens is 544 g/mol.